The molecular formula is C20H16N2O5. The van der Waals surface area contributed by atoms with E-state index in [0.717, 1.165) is 16.5 Å². The summed E-state index contributed by atoms with van der Waals surface area (Å²) < 4.78 is 21.3. The molecule has 4 aromatic rings. The monoisotopic (exact) mass is 364 g/mol. The molecule has 0 amide bonds. The van der Waals surface area contributed by atoms with Gasteiger partial charge in [0.25, 0.3) is 5.89 Å². The Labute approximate surface area is 154 Å². The molecule has 27 heavy (non-hydrogen) atoms. The van der Waals surface area contributed by atoms with Crippen molar-refractivity contribution in [2.24, 2.45) is 0 Å². The van der Waals surface area contributed by atoms with Gasteiger partial charge >= 0.3 is 5.63 Å². The minimum Gasteiger partial charge on any atom is -0.497 e. The predicted octanol–water partition coefficient (Wildman–Crippen LogP) is 3.74. The van der Waals surface area contributed by atoms with Gasteiger partial charge in [0.15, 0.2) is 6.61 Å². The van der Waals surface area contributed by atoms with Crippen LogP contribution in [0.3, 0.4) is 0 Å². The van der Waals surface area contributed by atoms with Crippen molar-refractivity contribution in [3.63, 3.8) is 0 Å². The highest BCUT2D eigenvalue weighted by molar-refractivity contribution is 5.81. The van der Waals surface area contributed by atoms with Crippen LogP contribution in [0.1, 0.15) is 11.5 Å². The van der Waals surface area contributed by atoms with Crippen LogP contribution in [0.4, 0.5) is 0 Å². The standard InChI is InChI=1S/C20H16N2O5/c1-12-8-19(23)26-17-10-15(6-7-16(12)17)25-11-18-21-20(22-27-18)13-4-3-5-14(9-13)24-2/h3-10H,11H2,1-2H3. The lowest BCUT2D eigenvalue weighted by Gasteiger charge is -2.05. The van der Waals surface area contributed by atoms with Crippen LogP contribution in [0.2, 0.25) is 0 Å². The first-order valence-corrected chi connectivity index (χ1v) is 8.27. The molecule has 2 aromatic carbocycles. The van der Waals surface area contributed by atoms with Gasteiger partial charge in [-0.1, -0.05) is 17.3 Å². The van der Waals surface area contributed by atoms with Crippen molar-refractivity contribution >= 4 is 11.0 Å². The molecule has 0 fully saturated rings. The van der Waals surface area contributed by atoms with Crippen LogP contribution < -0.4 is 15.1 Å². The Morgan fingerprint density at radius 2 is 1.96 bits per heavy atom. The summed E-state index contributed by atoms with van der Waals surface area (Å²) in [6, 6.07) is 14.2. The highest BCUT2D eigenvalue weighted by Gasteiger charge is 2.11. The number of nitrogens with zero attached hydrogens (tertiary/aromatic N) is 2. The highest BCUT2D eigenvalue weighted by atomic mass is 16.5. The minimum absolute atomic E-state index is 0.0958. The fourth-order valence-electron chi connectivity index (χ4n) is 2.73. The first kappa shape index (κ1) is 16.8. The predicted molar refractivity (Wildman–Crippen MR) is 97.8 cm³/mol. The molecule has 2 aromatic heterocycles. The molecule has 0 aliphatic heterocycles. The van der Waals surface area contributed by atoms with E-state index in [4.69, 9.17) is 18.4 Å². The second-order valence-electron chi connectivity index (χ2n) is 5.94. The van der Waals surface area contributed by atoms with Crippen molar-refractivity contribution in [3.05, 3.63) is 70.4 Å². The van der Waals surface area contributed by atoms with Crippen LogP contribution in [-0.4, -0.2) is 17.3 Å². The van der Waals surface area contributed by atoms with E-state index in [9.17, 15) is 4.79 Å². The zero-order valence-electron chi connectivity index (χ0n) is 14.8. The molecule has 0 atom stereocenters. The Balaban J connectivity index is 1.51. The van der Waals surface area contributed by atoms with Gasteiger partial charge in [0.2, 0.25) is 5.82 Å². The van der Waals surface area contributed by atoms with Crippen molar-refractivity contribution in [1.29, 1.82) is 0 Å². The molecule has 0 saturated carbocycles. The number of aryl methyl sites for hydroxylation is 1. The van der Waals surface area contributed by atoms with Crippen LogP contribution in [0.15, 0.2) is 62.3 Å². The summed E-state index contributed by atoms with van der Waals surface area (Å²) in [6.07, 6.45) is 0. The van der Waals surface area contributed by atoms with Gasteiger partial charge in [0.1, 0.15) is 17.1 Å². The van der Waals surface area contributed by atoms with E-state index < -0.39 is 5.63 Å². The lowest BCUT2D eigenvalue weighted by molar-refractivity contribution is 0.243. The Morgan fingerprint density at radius 1 is 1.07 bits per heavy atom. The molecule has 7 nitrogen and oxygen atoms in total. The zero-order chi connectivity index (χ0) is 18.8. The topological polar surface area (TPSA) is 87.6 Å². The summed E-state index contributed by atoms with van der Waals surface area (Å²) in [5.74, 6) is 2.03. The Kier molecular flexibility index (Phi) is 4.33. The maximum Gasteiger partial charge on any atom is 0.336 e. The fourth-order valence-corrected chi connectivity index (χ4v) is 2.73. The molecule has 0 aliphatic rings. The fraction of sp³-hybridized carbons (Fsp3) is 0.150. The molecule has 136 valence electrons. The molecule has 0 bridgehead atoms. The lowest BCUT2D eigenvalue weighted by Crippen LogP contribution is -1.99. The first-order valence-electron chi connectivity index (χ1n) is 8.27. The third-order valence-corrected chi connectivity index (χ3v) is 4.08. The molecular weight excluding hydrogens is 348 g/mol. The van der Waals surface area contributed by atoms with Crippen molar-refractivity contribution < 1.29 is 18.4 Å². The molecule has 0 N–H and O–H groups in total. The molecule has 4 rings (SSSR count). The average molecular weight is 364 g/mol. The number of hydrogen-bond acceptors (Lipinski definition) is 7. The van der Waals surface area contributed by atoms with Gasteiger partial charge in [-0.2, -0.15) is 4.98 Å². The van der Waals surface area contributed by atoms with Crippen molar-refractivity contribution in [1.82, 2.24) is 10.1 Å². The summed E-state index contributed by atoms with van der Waals surface area (Å²) in [5.41, 5.74) is 1.72. The third-order valence-electron chi connectivity index (χ3n) is 4.08. The van der Waals surface area contributed by atoms with Crippen molar-refractivity contribution in [2.75, 3.05) is 7.11 Å². The summed E-state index contributed by atoms with van der Waals surface area (Å²) in [5, 5.41) is 4.83. The third kappa shape index (κ3) is 3.52. The number of ether oxygens (including phenoxy) is 2. The van der Waals surface area contributed by atoms with Gasteiger partial charge < -0.3 is 18.4 Å². The average Bonchev–Trinajstić information content (AvgIpc) is 3.15. The zero-order valence-corrected chi connectivity index (χ0v) is 14.8. The number of fused-ring (bicyclic) bond motifs is 1. The Bertz CT molecular complexity index is 1160. The van der Waals surface area contributed by atoms with E-state index in [1.165, 1.54) is 6.07 Å². The van der Waals surface area contributed by atoms with Crippen LogP contribution in [0.5, 0.6) is 11.5 Å². The Morgan fingerprint density at radius 3 is 2.81 bits per heavy atom. The van der Waals surface area contributed by atoms with Crippen LogP contribution in [0.25, 0.3) is 22.4 Å². The molecule has 0 aliphatic carbocycles. The van der Waals surface area contributed by atoms with Crippen molar-refractivity contribution in [2.45, 2.75) is 13.5 Å². The van der Waals surface area contributed by atoms with Gasteiger partial charge in [-0.25, -0.2) is 4.79 Å². The molecule has 2 heterocycles. The van der Waals surface area contributed by atoms with E-state index in [1.807, 2.05) is 37.3 Å². The van der Waals surface area contributed by atoms with E-state index in [-0.39, 0.29) is 6.61 Å². The van der Waals surface area contributed by atoms with Crippen LogP contribution >= 0.6 is 0 Å². The summed E-state index contributed by atoms with van der Waals surface area (Å²) in [6.45, 7) is 1.96. The number of methoxy groups -OCH3 is 1. The van der Waals surface area contributed by atoms with E-state index in [1.54, 1.807) is 19.2 Å². The SMILES string of the molecule is COc1cccc(-c2noc(COc3ccc4c(C)cc(=O)oc4c3)n2)c1. The second-order valence-corrected chi connectivity index (χ2v) is 5.94. The Hall–Kier alpha value is -3.61. The van der Waals surface area contributed by atoms with E-state index in [0.29, 0.717) is 28.8 Å². The molecule has 0 spiro atoms. The maximum absolute atomic E-state index is 11.5. The molecule has 0 unspecified atom stereocenters. The minimum atomic E-state index is -0.392. The summed E-state index contributed by atoms with van der Waals surface area (Å²) in [4.78, 5) is 15.9. The summed E-state index contributed by atoms with van der Waals surface area (Å²) >= 11 is 0. The first-order chi connectivity index (χ1) is 13.1. The largest absolute Gasteiger partial charge is 0.497 e. The van der Waals surface area contributed by atoms with Crippen LogP contribution in [-0.2, 0) is 6.61 Å². The van der Waals surface area contributed by atoms with Gasteiger partial charge in [0.05, 0.1) is 7.11 Å². The smallest absolute Gasteiger partial charge is 0.336 e. The van der Waals surface area contributed by atoms with Crippen LogP contribution in [0, 0.1) is 6.92 Å². The quantitative estimate of drug-likeness (QED) is 0.499. The van der Waals surface area contributed by atoms with Gasteiger partial charge in [-0.05, 0) is 36.8 Å². The normalized spacial score (nSPS) is 10.9. The highest BCUT2D eigenvalue weighted by Crippen LogP contribution is 2.24. The molecule has 0 radical (unpaired) electrons. The number of rotatable bonds is 5. The molecule has 0 saturated heterocycles. The maximum atomic E-state index is 11.5. The second kappa shape index (κ2) is 6.95. The number of aromatic nitrogens is 2. The lowest BCUT2D eigenvalue weighted by atomic mass is 10.1. The van der Waals surface area contributed by atoms with E-state index in [2.05, 4.69) is 10.1 Å². The van der Waals surface area contributed by atoms with Gasteiger partial charge in [-0.3, -0.25) is 0 Å². The van der Waals surface area contributed by atoms with Gasteiger partial charge in [0, 0.05) is 23.1 Å². The van der Waals surface area contributed by atoms with Gasteiger partial charge in [-0.15, -0.1) is 0 Å². The molecule has 7 heteroatoms. The number of hydrogen-bond donors (Lipinski definition) is 0. The van der Waals surface area contributed by atoms with Crippen molar-refractivity contribution in [3.8, 4) is 22.9 Å². The number of benzene rings is 2. The summed E-state index contributed by atoms with van der Waals surface area (Å²) in [7, 11) is 1.60. The van der Waals surface area contributed by atoms with E-state index >= 15 is 0 Å².